The van der Waals surface area contributed by atoms with Gasteiger partial charge in [-0.3, -0.25) is 4.79 Å². The van der Waals surface area contributed by atoms with E-state index in [0.717, 1.165) is 16.7 Å². The standard InChI is InChI=1S/C19H18O4/c1-21-11-13-3-6-15(7-4-13)19-10-17(20)16-9-14(12-22-2)5-8-18(16)23-19/h3-10H,11-12H2,1-2H3. The molecule has 3 rings (SSSR count). The molecule has 23 heavy (non-hydrogen) atoms. The molecule has 0 aliphatic rings. The van der Waals surface area contributed by atoms with Crippen molar-refractivity contribution in [2.45, 2.75) is 13.2 Å². The van der Waals surface area contributed by atoms with Gasteiger partial charge in [-0.2, -0.15) is 0 Å². The second kappa shape index (κ2) is 6.77. The smallest absolute Gasteiger partial charge is 0.193 e. The molecule has 0 atom stereocenters. The normalized spacial score (nSPS) is 11.0. The quantitative estimate of drug-likeness (QED) is 0.720. The van der Waals surface area contributed by atoms with Crippen LogP contribution in [-0.4, -0.2) is 14.2 Å². The van der Waals surface area contributed by atoms with Gasteiger partial charge < -0.3 is 13.9 Å². The van der Waals surface area contributed by atoms with E-state index in [2.05, 4.69) is 0 Å². The lowest BCUT2D eigenvalue weighted by Gasteiger charge is -2.06. The Kier molecular flexibility index (Phi) is 4.55. The van der Waals surface area contributed by atoms with Crippen molar-refractivity contribution in [1.29, 1.82) is 0 Å². The number of hydrogen-bond acceptors (Lipinski definition) is 4. The molecule has 2 aromatic carbocycles. The Hall–Kier alpha value is -2.43. The van der Waals surface area contributed by atoms with Crippen LogP contribution in [0.5, 0.6) is 0 Å². The number of hydrogen-bond donors (Lipinski definition) is 0. The minimum atomic E-state index is -0.0554. The molecular formula is C19H18O4. The molecule has 0 radical (unpaired) electrons. The maximum absolute atomic E-state index is 12.4. The van der Waals surface area contributed by atoms with Crippen LogP contribution >= 0.6 is 0 Å². The topological polar surface area (TPSA) is 48.7 Å². The zero-order valence-electron chi connectivity index (χ0n) is 13.2. The predicted molar refractivity (Wildman–Crippen MR) is 89.3 cm³/mol. The van der Waals surface area contributed by atoms with Gasteiger partial charge in [0.2, 0.25) is 0 Å². The fourth-order valence-electron chi connectivity index (χ4n) is 2.53. The number of rotatable bonds is 5. The van der Waals surface area contributed by atoms with Crippen LogP contribution in [0.1, 0.15) is 11.1 Å². The minimum Gasteiger partial charge on any atom is -0.456 e. The van der Waals surface area contributed by atoms with Gasteiger partial charge in [0, 0.05) is 25.8 Å². The van der Waals surface area contributed by atoms with Crippen molar-refractivity contribution in [2.75, 3.05) is 14.2 Å². The van der Waals surface area contributed by atoms with Crippen LogP contribution in [-0.2, 0) is 22.7 Å². The summed E-state index contributed by atoms with van der Waals surface area (Å²) in [6.45, 7) is 1.03. The Bertz CT molecular complexity index is 863. The maximum atomic E-state index is 12.4. The molecule has 0 bridgehead atoms. The number of benzene rings is 2. The first-order valence-electron chi connectivity index (χ1n) is 7.35. The number of methoxy groups -OCH3 is 2. The number of ether oxygens (including phenoxy) is 2. The van der Waals surface area contributed by atoms with E-state index in [1.54, 1.807) is 14.2 Å². The Morgan fingerprint density at radius 1 is 0.870 bits per heavy atom. The van der Waals surface area contributed by atoms with E-state index in [1.165, 1.54) is 6.07 Å². The van der Waals surface area contributed by atoms with Gasteiger partial charge in [-0.1, -0.05) is 30.3 Å². The lowest BCUT2D eigenvalue weighted by Crippen LogP contribution is -2.01. The Morgan fingerprint density at radius 2 is 1.52 bits per heavy atom. The van der Waals surface area contributed by atoms with Gasteiger partial charge in [-0.25, -0.2) is 0 Å². The van der Waals surface area contributed by atoms with Crippen LogP contribution < -0.4 is 5.43 Å². The van der Waals surface area contributed by atoms with Gasteiger partial charge in [0.15, 0.2) is 5.43 Å². The second-order valence-corrected chi connectivity index (χ2v) is 5.37. The van der Waals surface area contributed by atoms with Crippen LogP contribution in [0.2, 0.25) is 0 Å². The highest BCUT2D eigenvalue weighted by Gasteiger charge is 2.08. The zero-order chi connectivity index (χ0) is 16.2. The second-order valence-electron chi connectivity index (χ2n) is 5.37. The van der Waals surface area contributed by atoms with Gasteiger partial charge in [-0.05, 0) is 23.3 Å². The lowest BCUT2D eigenvalue weighted by atomic mass is 10.1. The van der Waals surface area contributed by atoms with Crippen LogP contribution in [0.4, 0.5) is 0 Å². The van der Waals surface area contributed by atoms with Gasteiger partial charge >= 0.3 is 0 Å². The van der Waals surface area contributed by atoms with Gasteiger partial charge in [0.1, 0.15) is 11.3 Å². The molecule has 0 aliphatic carbocycles. The van der Waals surface area contributed by atoms with Gasteiger partial charge in [-0.15, -0.1) is 0 Å². The highest BCUT2D eigenvalue weighted by atomic mass is 16.5. The van der Waals surface area contributed by atoms with Crippen molar-refractivity contribution in [3.8, 4) is 11.3 Å². The maximum Gasteiger partial charge on any atom is 0.193 e. The van der Waals surface area contributed by atoms with E-state index < -0.39 is 0 Å². The average Bonchev–Trinajstić information content (AvgIpc) is 2.56. The first-order valence-corrected chi connectivity index (χ1v) is 7.35. The minimum absolute atomic E-state index is 0.0554. The molecule has 0 fully saturated rings. The Labute approximate surface area is 134 Å². The molecule has 0 amide bonds. The Morgan fingerprint density at radius 3 is 2.22 bits per heavy atom. The van der Waals surface area contributed by atoms with Crippen molar-refractivity contribution in [2.24, 2.45) is 0 Å². The van der Waals surface area contributed by atoms with Crippen molar-refractivity contribution < 1.29 is 13.9 Å². The van der Waals surface area contributed by atoms with Crippen LogP contribution in [0, 0.1) is 0 Å². The molecule has 4 nitrogen and oxygen atoms in total. The van der Waals surface area contributed by atoms with Crippen LogP contribution in [0.25, 0.3) is 22.3 Å². The summed E-state index contributed by atoms with van der Waals surface area (Å²) in [5.74, 6) is 0.561. The van der Waals surface area contributed by atoms with Gasteiger partial charge in [0.05, 0.1) is 18.6 Å². The molecule has 1 heterocycles. The van der Waals surface area contributed by atoms with Gasteiger partial charge in [0.25, 0.3) is 0 Å². The molecular weight excluding hydrogens is 292 g/mol. The molecule has 0 saturated heterocycles. The number of fused-ring (bicyclic) bond motifs is 1. The summed E-state index contributed by atoms with van der Waals surface area (Å²) in [4.78, 5) is 12.4. The third-order valence-electron chi connectivity index (χ3n) is 3.65. The monoisotopic (exact) mass is 310 g/mol. The van der Waals surface area contributed by atoms with E-state index >= 15 is 0 Å². The van der Waals surface area contributed by atoms with Crippen LogP contribution in [0.15, 0.2) is 57.7 Å². The Balaban J connectivity index is 2.02. The van der Waals surface area contributed by atoms with E-state index in [0.29, 0.717) is 29.9 Å². The van der Waals surface area contributed by atoms with Crippen molar-refractivity contribution >= 4 is 11.0 Å². The molecule has 4 heteroatoms. The fourth-order valence-corrected chi connectivity index (χ4v) is 2.53. The first-order chi connectivity index (χ1) is 11.2. The molecule has 3 aromatic rings. The molecule has 0 spiro atoms. The van der Waals surface area contributed by atoms with Crippen molar-refractivity contribution in [1.82, 2.24) is 0 Å². The summed E-state index contributed by atoms with van der Waals surface area (Å²) in [6.07, 6.45) is 0. The van der Waals surface area contributed by atoms with E-state index in [-0.39, 0.29) is 5.43 Å². The van der Waals surface area contributed by atoms with E-state index in [1.807, 2.05) is 42.5 Å². The summed E-state index contributed by atoms with van der Waals surface area (Å²) in [5.41, 5.74) is 3.41. The third kappa shape index (κ3) is 3.33. The summed E-state index contributed by atoms with van der Waals surface area (Å²) >= 11 is 0. The highest BCUT2D eigenvalue weighted by molar-refractivity contribution is 5.79. The largest absolute Gasteiger partial charge is 0.456 e. The average molecular weight is 310 g/mol. The van der Waals surface area contributed by atoms with E-state index in [4.69, 9.17) is 13.9 Å². The van der Waals surface area contributed by atoms with Crippen LogP contribution in [0.3, 0.4) is 0 Å². The SMILES string of the molecule is COCc1ccc(-c2cc(=O)c3cc(COC)ccc3o2)cc1. The molecule has 0 saturated carbocycles. The summed E-state index contributed by atoms with van der Waals surface area (Å²) < 4.78 is 16.1. The lowest BCUT2D eigenvalue weighted by molar-refractivity contribution is 0.185. The molecule has 1 aromatic heterocycles. The third-order valence-corrected chi connectivity index (χ3v) is 3.65. The van der Waals surface area contributed by atoms with E-state index in [9.17, 15) is 4.79 Å². The summed E-state index contributed by atoms with van der Waals surface area (Å²) in [5, 5.41) is 0.569. The van der Waals surface area contributed by atoms with Crippen molar-refractivity contribution in [3.63, 3.8) is 0 Å². The molecule has 118 valence electrons. The summed E-state index contributed by atoms with van der Waals surface area (Å²) in [7, 11) is 3.29. The first kappa shape index (κ1) is 15.5. The molecule has 0 N–H and O–H groups in total. The summed E-state index contributed by atoms with van der Waals surface area (Å²) in [6, 6.07) is 14.8. The predicted octanol–water partition coefficient (Wildman–Crippen LogP) is 3.75. The molecule has 0 aliphatic heterocycles. The highest BCUT2D eigenvalue weighted by Crippen LogP contribution is 2.23. The van der Waals surface area contributed by atoms with Crippen molar-refractivity contribution in [3.05, 3.63) is 69.9 Å². The molecule has 0 unspecified atom stereocenters. The fraction of sp³-hybridized carbons (Fsp3) is 0.211. The zero-order valence-corrected chi connectivity index (χ0v) is 13.2.